The van der Waals surface area contributed by atoms with E-state index in [1.807, 2.05) is 0 Å². The third kappa shape index (κ3) is 3.98. The molecule has 1 saturated carbocycles. The van der Waals surface area contributed by atoms with Gasteiger partial charge in [-0.3, -0.25) is 0 Å². The molecule has 0 aromatic heterocycles. The Kier molecular flexibility index (Phi) is 5.44. The van der Waals surface area contributed by atoms with Crippen LogP contribution in [0.3, 0.4) is 0 Å². The monoisotopic (exact) mass is 242 g/mol. The minimum absolute atomic E-state index is 0.563. The number of carboxylic acid groups (broad SMARTS) is 1. The van der Waals surface area contributed by atoms with Crippen molar-refractivity contribution >= 4 is 5.97 Å². The van der Waals surface area contributed by atoms with Gasteiger partial charge in [-0.15, -0.1) is 0 Å². The first-order chi connectivity index (χ1) is 8.00. The van der Waals surface area contributed by atoms with Gasteiger partial charge in [0.05, 0.1) is 0 Å². The van der Waals surface area contributed by atoms with Crippen LogP contribution in [-0.2, 0) is 9.53 Å². The predicted molar refractivity (Wildman–Crippen MR) is 68.0 cm³/mol. The van der Waals surface area contributed by atoms with Crippen molar-refractivity contribution in [3.63, 3.8) is 0 Å². The second-order valence-electron chi connectivity index (χ2n) is 5.68. The van der Waals surface area contributed by atoms with Crippen LogP contribution in [0, 0.1) is 11.8 Å². The van der Waals surface area contributed by atoms with Gasteiger partial charge in [-0.1, -0.05) is 27.2 Å². The van der Waals surface area contributed by atoms with Crippen molar-refractivity contribution in [3.8, 4) is 0 Å². The van der Waals surface area contributed by atoms with Gasteiger partial charge in [0, 0.05) is 6.61 Å². The zero-order chi connectivity index (χ0) is 12.9. The van der Waals surface area contributed by atoms with E-state index < -0.39 is 11.6 Å². The van der Waals surface area contributed by atoms with Gasteiger partial charge in [0.25, 0.3) is 0 Å². The van der Waals surface area contributed by atoms with Crippen LogP contribution < -0.4 is 0 Å². The third-order valence-electron chi connectivity index (χ3n) is 3.95. The molecule has 1 aliphatic carbocycles. The van der Waals surface area contributed by atoms with E-state index in [0.717, 1.165) is 25.7 Å². The lowest BCUT2D eigenvalue weighted by Crippen LogP contribution is -2.45. The molecular weight excluding hydrogens is 216 g/mol. The fourth-order valence-corrected chi connectivity index (χ4v) is 2.46. The Hall–Kier alpha value is -0.570. The molecule has 0 bridgehead atoms. The van der Waals surface area contributed by atoms with Gasteiger partial charge in [-0.2, -0.15) is 0 Å². The molecule has 0 radical (unpaired) electrons. The summed E-state index contributed by atoms with van der Waals surface area (Å²) in [7, 11) is 0. The van der Waals surface area contributed by atoms with Crippen molar-refractivity contribution in [1.82, 2.24) is 0 Å². The minimum atomic E-state index is -0.888. The van der Waals surface area contributed by atoms with Gasteiger partial charge < -0.3 is 9.84 Å². The molecule has 0 aliphatic heterocycles. The number of carbonyl (C=O) groups is 1. The summed E-state index contributed by atoms with van der Waals surface area (Å²) in [6.45, 7) is 7.01. The summed E-state index contributed by atoms with van der Waals surface area (Å²) in [6, 6.07) is 0. The number of carboxylic acids is 1. The molecule has 100 valence electrons. The van der Waals surface area contributed by atoms with Crippen LogP contribution >= 0.6 is 0 Å². The lowest BCUT2D eigenvalue weighted by Gasteiger charge is -2.36. The summed E-state index contributed by atoms with van der Waals surface area (Å²) < 4.78 is 5.74. The lowest BCUT2D eigenvalue weighted by atomic mass is 9.77. The first-order valence-corrected chi connectivity index (χ1v) is 6.87. The maximum absolute atomic E-state index is 11.4. The van der Waals surface area contributed by atoms with Gasteiger partial charge in [-0.25, -0.2) is 4.79 Å². The van der Waals surface area contributed by atoms with E-state index in [0.29, 0.717) is 31.3 Å². The van der Waals surface area contributed by atoms with Crippen LogP contribution in [0.2, 0.25) is 0 Å². The van der Waals surface area contributed by atoms with Crippen LogP contribution in [0.5, 0.6) is 0 Å². The smallest absolute Gasteiger partial charge is 0.335 e. The van der Waals surface area contributed by atoms with Crippen LogP contribution in [0.15, 0.2) is 0 Å². The normalized spacial score (nSPS) is 29.5. The fourth-order valence-electron chi connectivity index (χ4n) is 2.46. The molecule has 3 heteroatoms. The van der Waals surface area contributed by atoms with Crippen molar-refractivity contribution in [2.24, 2.45) is 11.8 Å². The molecule has 1 rings (SSSR count). The quantitative estimate of drug-likeness (QED) is 0.775. The Morgan fingerprint density at radius 3 is 2.41 bits per heavy atom. The highest BCUT2D eigenvalue weighted by Gasteiger charge is 2.42. The Labute approximate surface area is 105 Å². The standard InChI is InChI=1S/C14H26O3/c1-4-12-5-8-14(9-6-12,13(15)16)17-10-7-11(2)3/h11-12H,4-10H2,1-3H3,(H,15,16). The Morgan fingerprint density at radius 2 is 2.00 bits per heavy atom. The maximum Gasteiger partial charge on any atom is 0.335 e. The van der Waals surface area contributed by atoms with E-state index in [2.05, 4.69) is 20.8 Å². The minimum Gasteiger partial charge on any atom is -0.479 e. The average molecular weight is 242 g/mol. The van der Waals surface area contributed by atoms with Gasteiger partial charge in [-0.05, 0) is 43.9 Å². The van der Waals surface area contributed by atoms with Gasteiger partial charge in [0.2, 0.25) is 0 Å². The highest BCUT2D eigenvalue weighted by atomic mass is 16.5. The summed E-state index contributed by atoms with van der Waals surface area (Å²) in [5.74, 6) is 0.486. The van der Waals surface area contributed by atoms with E-state index in [1.165, 1.54) is 0 Å². The largest absolute Gasteiger partial charge is 0.479 e. The summed E-state index contributed by atoms with van der Waals surface area (Å²) in [5, 5.41) is 9.39. The van der Waals surface area contributed by atoms with Gasteiger partial charge >= 0.3 is 5.97 Å². The van der Waals surface area contributed by atoms with E-state index in [-0.39, 0.29) is 0 Å². The maximum atomic E-state index is 11.4. The molecule has 0 amide bonds. The van der Waals surface area contributed by atoms with E-state index in [9.17, 15) is 9.90 Å². The van der Waals surface area contributed by atoms with E-state index in [1.54, 1.807) is 0 Å². The second kappa shape index (κ2) is 6.39. The molecule has 3 nitrogen and oxygen atoms in total. The SMILES string of the molecule is CCC1CCC(OCCC(C)C)(C(=O)O)CC1. The summed E-state index contributed by atoms with van der Waals surface area (Å²) >= 11 is 0. The summed E-state index contributed by atoms with van der Waals surface area (Å²) in [4.78, 5) is 11.4. The number of rotatable bonds is 6. The van der Waals surface area contributed by atoms with Crippen molar-refractivity contribution < 1.29 is 14.6 Å². The van der Waals surface area contributed by atoms with Gasteiger partial charge in [0.1, 0.15) is 0 Å². The molecule has 0 spiro atoms. The number of hydrogen-bond donors (Lipinski definition) is 1. The van der Waals surface area contributed by atoms with Gasteiger partial charge in [0.15, 0.2) is 5.60 Å². The zero-order valence-electron chi connectivity index (χ0n) is 11.4. The Bertz CT molecular complexity index is 240. The molecule has 0 unspecified atom stereocenters. The number of ether oxygens (including phenoxy) is 1. The fraction of sp³-hybridized carbons (Fsp3) is 0.929. The molecule has 17 heavy (non-hydrogen) atoms. The predicted octanol–water partition coefficient (Wildman–Crippen LogP) is 3.47. The molecule has 0 atom stereocenters. The highest BCUT2D eigenvalue weighted by Crippen LogP contribution is 2.36. The average Bonchev–Trinajstić information content (AvgIpc) is 2.29. The van der Waals surface area contributed by atoms with E-state index >= 15 is 0 Å². The first kappa shape index (κ1) is 14.5. The number of hydrogen-bond acceptors (Lipinski definition) is 2. The molecule has 0 heterocycles. The van der Waals surface area contributed by atoms with Crippen LogP contribution in [0.4, 0.5) is 0 Å². The van der Waals surface area contributed by atoms with Crippen molar-refractivity contribution in [2.75, 3.05) is 6.61 Å². The van der Waals surface area contributed by atoms with Crippen molar-refractivity contribution in [1.29, 1.82) is 0 Å². The van der Waals surface area contributed by atoms with Crippen LogP contribution in [0.1, 0.15) is 59.3 Å². The van der Waals surface area contributed by atoms with Crippen LogP contribution in [-0.4, -0.2) is 23.3 Å². The molecular formula is C14H26O3. The van der Waals surface area contributed by atoms with Crippen molar-refractivity contribution in [3.05, 3.63) is 0 Å². The highest BCUT2D eigenvalue weighted by molar-refractivity contribution is 5.77. The summed E-state index contributed by atoms with van der Waals surface area (Å²) in [6.07, 6.45) is 5.43. The first-order valence-electron chi connectivity index (χ1n) is 6.87. The third-order valence-corrected chi connectivity index (χ3v) is 3.95. The molecule has 1 fully saturated rings. The molecule has 1 N–H and O–H groups in total. The van der Waals surface area contributed by atoms with Crippen molar-refractivity contribution in [2.45, 2.75) is 64.9 Å². The Balaban J connectivity index is 2.50. The second-order valence-corrected chi connectivity index (χ2v) is 5.68. The topological polar surface area (TPSA) is 46.5 Å². The number of aliphatic carboxylic acids is 1. The molecule has 0 saturated heterocycles. The molecule has 0 aromatic rings. The van der Waals surface area contributed by atoms with E-state index in [4.69, 9.17) is 4.74 Å². The van der Waals surface area contributed by atoms with Crippen LogP contribution in [0.25, 0.3) is 0 Å². The zero-order valence-corrected chi connectivity index (χ0v) is 11.4. The lowest BCUT2D eigenvalue weighted by molar-refractivity contribution is -0.172. The molecule has 1 aliphatic rings. The molecule has 0 aromatic carbocycles. The summed E-state index contributed by atoms with van der Waals surface area (Å²) in [5.41, 5.74) is -0.888. The Morgan fingerprint density at radius 1 is 1.41 bits per heavy atom.